The molecule has 0 spiro atoms. The van der Waals surface area contributed by atoms with Crippen LogP contribution in [0.15, 0.2) is 24.3 Å². The van der Waals surface area contributed by atoms with Crippen molar-refractivity contribution >= 4 is 11.0 Å². The van der Waals surface area contributed by atoms with Crippen LogP contribution < -0.4 is 0 Å². The van der Waals surface area contributed by atoms with Gasteiger partial charge in [-0.25, -0.2) is 4.68 Å². The van der Waals surface area contributed by atoms with Gasteiger partial charge in [0.1, 0.15) is 5.52 Å². The van der Waals surface area contributed by atoms with E-state index >= 15 is 0 Å². The van der Waals surface area contributed by atoms with Gasteiger partial charge >= 0.3 is 0 Å². The Labute approximate surface area is 109 Å². The van der Waals surface area contributed by atoms with Crippen LogP contribution in [0.5, 0.6) is 0 Å². The van der Waals surface area contributed by atoms with E-state index in [2.05, 4.69) is 37.1 Å². The molecule has 4 heteroatoms. The molecule has 0 aliphatic carbocycles. The first-order chi connectivity index (χ1) is 8.74. The van der Waals surface area contributed by atoms with E-state index < -0.39 is 0 Å². The number of likely N-dealkylation sites (N-methyl/N-ethyl adjacent to an activating group) is 1. The van der Waals surface area contributed by atoms with Crippen LogP contribution in [-0.4, -0.2) is 45.7 Å². The number of quaternary nitrogens is 1. The Bertz CT molecular complexity index is 491. The summed E-state index contributed by atoms with van der Waals surface area (Å²) in [6.07, 6.45) is 0. The summed E-state index contributed by atoms with van der Waals surface area (Å²) in [5.74, 6) is 0. The summed E-state index contributed by atoms with van der Waals surface area (Å²) >= 11 is 0. The zero-order chi connectivity index (χ0) is 13.0. The Balaban J connectivity index is 2.14. The van der Waals surface area contributed by atoms with Crippen LogP contribution in [0.3, 0.4) is 0 Å². The minimum Gasteiger partial charge on any atom is -0.323 e. The molecule has 1 aromatic heterocycles. The van der Waals surface area contributed by atoms with E-state index in [1.165, 1.54) is 19.6 Å². The van der Waals surface area contributed by atoms with Crippen LogP contribution in [0, 0.1) is 0 Å². The molecule has 18 heavy (non-hydrogen) atoms. The lowest BCUT2D eigenvalue weighted by Crippen LogP contribution is -2.49. The van der Waals surface area contributed by atoms with E-state index in [-0.39, 0.29) is 0 Å². The van der Waals surface area contributed by atoms with Crippen molar-refractivity contribution in [3.63, 3.8) is 0 Å². The lowest BCUT2D eigenvalue weighted by atomic mass is 10.3. The number of rotatable bonds is 6. The number of para-hydroxylation sites is 1. The van der Waals surface area contributed by atoms with Crippen LogP contribution in [0.25, 0.3) is 11.0 Å². The van der Waals surface area contributed by atoms with Crippen LogP contribution >= 0.6 is 0 Å². The molecular formula is C14H23N4+. The zero-order valence-corrected chi connectivity index (χ0v) is 11.6. The minimum atomic E-state index is 0.941. The maximum absolute atomic E-state index is 4.26. The van der Waals surface area contributed by atoms with Crippen LogP contribution in [0.1, 0.15) is 20.8 Å². The number of hydrogen-bond donors (Lipinski definition) is 0. The topological polar surface area (TPSA) is 30.7 Å². The Kier molecular flexibility index (Phi) is 3.97. The van der Waals surface area contributed by atoms with Gasteiger partial charge < -0.3 is 4.48 Å². The molecular weight excluding hydrogens is 224 g/mol. The minimum absolute atomic E-state index is 0.941. The molecule has 1 aromatic carbocycles. The largest absolute Gasteiger partial charge is 0.323 e. The predicted octanol–water partition coefficient (Wildman–Crippen LogP) is 2.31. The highest BCUT2D eigenvalue weighted by atomic mass is 15.4. The maximum atomic E-state index is 4.26. The molecule has 0 radical (unpaired) electrons. The van der Waals surface area contributed by atoms with Gasteiger partial charge in [0.15, 0.2) is 0 Å². The van der Waals surface area contributed by atoms with E-state index in [0.717, 1.165) is 28.6 Å². The van der Waals surface area contributed by atoms with Gasteiger partial charge in [0.2, 0.25) is 0 Å². The lowest BCUT2D eigenvalue weighted by Gasteiger charge is -2.35. The fraction of sp³-hybridized carbons (Fsp3) is 0.571. The second-order valence-electron chi connectivity index (χ2n) is 4.82. The summed E-state index contributed by atoms with van der Waals surface area (Å²) in [6.45, 7) is 12.4. The first-order valence-corrected chi connectivity index (χ1v) is 6.88. The number of aromatic nitrogens is 3. The third-order valence-electron chi connectivity index (χ3n) is 4.22. The van der Waals surface area contributed by atoms with Crippen LogP contribution in [0.4, 0.5) is 0 Å². The molecule has 0 saturated heterocycles. The van der Waals surface area contributed by atoms with Crippen molar-refractivity contribution in [3.8, 4) is 0 Å². The number of fused-ring (bicyclic) bond motifs is 1. The molecule has 1 heterocycles. The van der Waals surface area contributed by atoms with Crippen LogP contribution in [-0.2, 0) is 6.54 Å². The number of benzene rings is 1. The van der Waals surface area contributed by atoms with Crippen molar-refractivity contribution in [2.45, 2.75) is 27.3 Å². The highest BCUT2D eigenvalue weighted by Crippen LogP contribution is 2.11. The monoisotopic (exact) mass is 247 g/mol. The molecule has 0 unspecified atom stereocenters. The molecule has 0 fully saturated rings. The molecule has 0 saturated carbocycles. The highest BCUT2D eigenvalue weighted by molar-refractivity contribution is 5.73. The Morgan fingerprint density at radius 2 is 1.72 bits per heavy atom. The summed E-state index contributed by atoms with van der Waals surface area (Å²) in [6, 6.07) is 8.16. The number of nitrogens with zero attached hydrogens (tertiary/aromatic N) is 4. The van der Waals surface area contributed by atoms with E-state index in [1.54, 1.807) is 0 Å². The third kappa shape index (κ3) is 2.38. The quantitative estimate of drug-likeness (QED) is 0.733. The number of hydrogen-bond acceptors (Lipinski definition) is 2. The van der Waals surface area contributed by atoms with Gasteiger partial charge in [-0.3, -0.25) is 0 Å². The molecule has 4 nitrogen and oxygen atoms in total. The summed E-state index contributed by atoms with van der Waals surface area (Å²) in [4.78, 5) is 0. The summed E-state index contributed by atoms with van der Waals surface area (Å²) in [7, 11) is 0. The standard InChI is InChI=1S/C14H23N4/c1-4-18(5-2,6-3)12-11-17-14-10-8-7-9-13(14)15-16-17/h7-10H,4-6,11-12H2,1-3H3/q+1. The van der Waals surface area contributed by atoms with E-state index in [9.17, 15) is 0 Å². The molecule has 0 bridgehead atoms. The molecule has 0 aliphatic heterocycles. The van der Waals surface area contributed by atoms with Gasteiger partial charge in [-0.2, -0.15) is 0 Å². The Morgan fingerprint density at radius 1 is 1.06 bits per heavy atom. The van der Waals surface area contributed by atoms with Crippen molar-refractivity contribution in [2.24, 2.45) is 0 Å². The van der Waals surface area contributed by atoms with E-state index in [0.29, 0.717) is 0 Å². The van der Waals surface area contributed by atoms with Crippen molar-refractivity contribution < 1.29 is 4.48 Å². The lowest BCUT2D eigenvalue weighted by molar-refractivity contribution is -0.923. The van der Waals surface area contributed by atoms with Crippen molar-refractivity contribution in [3.05, 3.63) is 24.3 Å². The fourth-order valence-corrected chi connectivity index (χ4v) is 2.53. The summed E-state index contributed by atoms with van der Waals surface area (Å²) in [5.41, 5.74) is 2.12. The molecule has 0 amide bonds. The first-order valence-electron chi connectivity index (χ1n) is 6.88. The van der Waals surface area contributed by atoms with E-state index in [4.69, 9.17) is 0 Å². The van der Waals surface area contributed by atoms with Crippen molar-refractivity contribution in [2.75, 3.05) is 26.2 Å². The van der Waals surface area contributed by atoms with Gasteiger partial charge in [-0.1, -0.05) is 17.3 Å². The van der Waals surface area contributed by atoms with Crippen molar-refractivity contribution in [1.82, 2.24) is 15.0 Å². The second kappa shape index (κ2) is 5.48. The van der Waals surface area contributed by atoms with E-state index in [1.807, 2.05) is 22.9 Å². The smallest absolute Gasteiger partial charge is 0.113 e. The van der Waals surface area contributed by atoms with Gasteiger partial charge in [-0.15, -0.1) is 5.10 Å². The predicted molar refractivity (Wildman–Crippen MR) is 74.3 cm³/mol. The second-order valence-corrected chi connectivity index (χ2v) is 4.82. The molecule has 2 aromatic rings. The van der Waals surface area contributed by atoms with Gasteiger partial charge in [0.25, 0.3) is 0 Å². The molecule has 0 atom stereocenters. The summed E-state index contributed by atoms with van der Waals surface area (Å²) in [5, 5.41) is 8.46. The highest BCUT2D eigenvalue weighted by Gasteiger charge is 2.20. The van der Waals surface area contributed by atoms with Crippen molar-refractivity contribution in [1.29, 1.82) is 0 Å². The van der Waals surface area contributed by atoms with Gasteiger partial charge in [0, 0.05) is 0 Å². The molecule has 2 rings (SSSR count). The zero-order valence-electron chi connectivity index (χ0n) is 11.6. The third-order valence-corrected chi connectivity index (χ3v) is 4.22. The Morgan fingerprint density at radius 3 is 2.39 bits per heavy atom. The van der Waals surface area contributed by atoms with Gasteiger partial charge in [-0.05, 0) is 32.9 Å². The molecule has 0 aliphatic rings. The van der Waals surface area contributed by atoms with Gasteiger partial charge in [0.05, 0.1) is 38.2 Å². The molecule has 98 valence electrons. The Hall–Kier alpha value is -1.42. The normalized spacial score (nSPS) is 12.2. The van der Waals surface area contributed by atoms with Crippen LogP contribution in [0.2, 0.25) is 0 Å². The average Bonchev–Trinajstić information content (AvgIpc) is 2.85. The fourth-order valence-electron chi connectivity index (χ4n) is 2.53. The average molecular weight is 247 g/mol. The maximum Gasteiger partial charge on any atom is 0.113 e. The SMILES string of the molecule is CC[N+](CC)(CC)CCn1nnc2ccccc21. The summed E-state index contributed by atoms with van der Waals surface area (Å²) < 4.78 is 3.18. The molecule has 0 N–H and O–H groups in total. The first kappa shape index (κ1) is 13.0.